The van der Waals surface area contributed by atoms with Gasteiger partial charge >= 0.3 is 0 Å². The van der Waals surface area contributed by atoms with Crippen LogP contribution in [-0.2, 0) is 11.2 Å². The summed E-state index contributed by atoms with van der Waals surface area (Å²) < 4.78 is 5.40. The average molecular weight is 303 g/mol. The number of hydrogen-bond donors (Lipinski definition) is 1. The number of nitrogens with zero attached hydrogens (tertiary/aromatic N) is 2. The minimum Gasteiger partial charge on any atom is -0.444 e. The molecule has 2 aromatic carbocycles. The van der Waals surface area contributed by atoms with Gasteiger partial charge in [0, 0.05) is 11.3 Å². The highest BCUT2D eigenvalue weighted by Crippen LogP contribution is 2.18. The highest BCUT2D eigenvalue weighted by molar-refractivity contribution is 5.92. The smallest absolute Gasteiger partial charge is 0.230 e. The summed E-state index contributed by atoms with van der Waals surface area (Å²) in [6.45, 7) is 0. The molecule has 3 rings (SSSR count). The molecule has 0 radical (unpaired) electrons. The van der Waals surface area contributed by atoms with Gasteiger partial charge in [-0.15, -0.1) is 0 Å². The monoisotopic (exact) mass is 303 g/mol. The van der Waals surface area contributed by atoms with Crippen molar-refractivity contribution in [2.75, 3.05) is 5.32 Å². The maximum atomic E-state index is 12.0. The number of nitriles is 1. The Morgan fingerprint density at radius 3 is 2.57 bits per heavy atom. The first-order chi connectivity index (χ1) is 11.2. The average Bonchev–Trinajstić information content (AvgIpc) is 3.04. The van der Waals surface area contributed by atoms with E-state index in [1.807, 2.05) is 36.4 Å². The normalized spacial score (nSPS) is 10.0. The van der Waals surface area contributed by atoms with Crippen LogP contribution in [0.4, 0.5) is 5.69 Å². The van der Waals surface area contributed by atoms with Crippen LogP contribution in [0.1, 0.15) is 11.3 Å². The molecule has 0 fully saturated rings. The van der Waals surface area contributed by atoms with Gasteiger partial charge in [0.1, 0.15) is 6.26 Å². The van der Waals surface area contributed by atoms with Crippen molar-refractivity contribution in [3.63, 3.8) is 0 Å². The van der Waals surface area contributed by atoms with Crippen LogP contribution in [0.25, 0.3) is 11.5 Å². The number of aromatic nitrogens is 1. The van der Waals surface area contributed by atoms with Crippen LogP contribution >= 0.6 is 0 Å². The lowest BCUT2D eigenvalue weighted by molar-refractivity contribution is -0.115. The quantitative estimate of drug-likeness (QED) is 0.801. The summed E-state index contributed by atoms with van der Waals surface area (Å²) in [6.07, 6.45) is 1.61. The Balaban J connectivity index is 1.64. The first-order valence-electron chi connectivity index (χ1n) is 7.04. The van der Waals surface area contributed by atoms with Crippen molar-refractivity contribution >= 4 is 11.6 Å². The SMILES string of the molecule is N#Cc1ccc(NC(=O)Cc2coc(-c3ccccc3)n2)cc1. The number of oxazole rings is 1. The van der Waals surface area contributed by atoms with E-state index in [-0.39, 0.29) is 12.3 Å². The number of carbonyl (C=O) groups is 1. The molecule has 1 aromatic heterocycles. The maximum Gasteiger partial charge on any atom is 0.230 e. The van der Waals surface area contributed by atoms with E-state index in [0.717, 1.165) is 5.56 Å². The van der Waals surface area contributed by atoms with E-state index < -0.39 is 0 Å². The summed E-state index contributed by atoms with van der Waals surface area (Å²) in [5.41, 5.74) is 2.62. The Bertz CT molecular complexity index is 846. The van der Waals surface area contributed by atoms with Crippen molar-refractivity contribution in [1.82, 2.24) is 4.98 Å². The molecule has 0 aliphatic heterocycles. The first-order valence-corrected chi connectivity index (χ1v) is 7.04. The number of hydrogen-bond acceptors (Lipinski definition) is 4. The van der Waals surface area contributed by atoms with Crippen LogP contribution in [-0.4, -0.2) is 10.9 Å². The molecule has 1 N–H and O–H groups in total. The lowest BCUT2D eigenvalue weighted by atomic mass is 10.2. The molecule has 0 saturated heterocycles. The van der Waals surface area contributed by atoms with Crippen molar-refractivity contribution in [3.8, 4) is 17.5 Å². The predicted molar refractivity (Wildman–Crippen MR) is 85.4 cm³/mol. The summed E-state index contributed by atoms with van der Waals surface area (Å²) in [5, 5.41) is 11.5. The van der Waals surface area contributed by atoms with Crippen molar-refractivity contribution in [2.24, 2.45) is 0 Å². The molecule has 0 aliphatic carbocycles. The molecule has 1 heterocycles. The maximum absolute atomic E-state index is 12.0. The largest absolute Gasteiger partial charge is 0.444 e. The summed E-state index contributed by atoms with van der Waals surface area (Å²) >= 11 is 0. The standard InChI is InChI=1S/C18H13N3O2/c19-11-13-6-8-15(9-7-13)20-17(22)10-16-12-23-18(21-16)14-4-2-1-3-5-14/h1-9,12H,10H2,(H,20,22). The zero-order chi connectivity index (χ0) is 16.1. The molecule has 112 valence electrons. The zero-order valence-electron chi connectivity index (χ0n) is 12.2. The molecule has 0 unspecified atom stereocenters. The summed E-state index contributed by atoms with van der Waals surface area (Å²) in [5.74, 6) is 0.300. The van der Waals surface area contributed by atoms with Gasteiger partial charge in [0.05, 0.1) is 23.7 Å². The van der Waals surface area contributed by atoms with E-state index in [1.54, 1.807) is 24.3 Å². The van der Waals surface area contributed by atoms with Crippen LogP contribution in [0.5, 0.6) is 0 Å². The van der Waals surface area contributed by atoms with E-state index in [2.05, 4.69) is 10.3 Å². The first kappa shape index (κ1) is 14.5. The minimum absolute atomic E-state index is 0.121. The van der Waals surface area contributed by atoms with E-state index in [4.69, 9.17) is 9.68 Å². The Hall–Kier alpha value is -3.39. The van der Waals surface area contributed by atoms with Crippen LogP contribution in [0.15, 0.2) is 65.3 Å². The fourth-order valence-electron chi connectivity index (χ4n) is 2.10. The summed E-state index contributed by atoms with van der Waals surface area (Å²) in [6, 6.07) is 18.2. The van der Waals surface area contributed by atoms with Crippen molar-refractivity contribution in [3.05, 3.63) is 72.1 Å². The molecule has 0 spiro atoms. The van der Waals surface area contributed by atoms with Crippen LogP contribution in [0.2, 0.25) is 0 Å². The second kappa shape index (κ2) is 6.58. The lowest BCUT2D eigenvalue weighted by Crippen LogP contribution is -2.14. The Labute approximate surface area is 133 Å². The third kappa shape index (κ3) is 3.63. The fraction of sp³-hybridized carbons (Fsp3) is 0.0556. The number of amides is 1. The van der Waals surface area contributed by atoms with Gasteiger partial charge in [-0.1, -0.05) is 18.2 Å². The van der Waals surface area contributed by atoms with Gasteiger partial charge in [-0.3, -0.25) is 4.79 Å². The third-order valence-corrected chi connectivity index (χ3v) is 3.21. The number of rotatable bonds is 4. The van der Waals surface area contributed by atoms with Crippen LogP contribution in [0, 0.1) is 11.3 Å². The third-order valence-electron chi connectivity index (χ3n) is 3.21. The second-order valence-corrected chi connectivity index (χ2v) is 4.92. The Morgan fingerprint density at radius 2 is 1.87 bits per heavy atom. The van der Waals surface area contributed by atoms with Gasteiger partial charge in [0.15, 0.2) is 0 Å². The molecule has 23 heavy (non-hydrogen) atoms. The Kier molecular flexibility index (Phi) is 4.16. The summed E-state index contributed by atoms with van der Waals surface area (Å²) in [7, 11) is 0. The van der Waals surface area contributed by atoms with Crippen molar-refractivity contribution in [1.29, 1.82) is 5.26 Å². The van der Waals surface area contributed by atoms with E-state index in [1.165, 1.54) is 6.26 Å². The van der Waals surface area contributed by atoms with Gasteiger partial charge in [0.2, 0.25) is 11.8 Å². The van der Waals surface area contributed by atoms with E-state index in [0.29, 0.717) is 22.8 Å². The fourth-order valence-corrected chi connectivity index (χ4v) is 2.10. The molecular weight excluding hydrogens is 290 g/mol. The van der Waals surface area contributed by atoms with Gasteiger partial charge in [-0.25, -0.2) is 4.98 Å². The van der Waals surface area contributed by atoms with Gasteiger partial charge in [-0.05, 0) is 36.4 Å². The lowest BCUT2D eigenvalue weighted by Gasteiger charge is -2.03. The highest BCUT2D eigenvalue weighted by Gasteiger charge is 2.10. The molecule has 0 atom stereocenters. The van der Waals surface area contributed by atoms with E-state index >= 15 is 0 Å². The Morgan fingerprint density at radius 1 is 1.13 bits per heavy atom. The highest BCUT2D eigenvalue weighted by atomic mass is 16.3. The van der Waals surface area contributed by atoms with Crippen molar-refractivity contribution < 1.29 is 9.21 Å². The van der Waals surface area contributed by atoms with Gasteiger partial charge < -0.3 is 9.73 Å². The van der Waals surface area contributed by atoms with E-state index in [9.17, 15) is 4.79 Å². The number of nitrogens with one attached hydrogen (secondary N) is 1. The van der Waals surface area contributed by atoms with Crippen LogP contribution in [0.3, 0.4) is 0 Å². The zero-order valence-corrected chi connectivity index (χ0v) is 12.2. The van der Waals surface area contributed by atoms with Crippen LogP contribution < -0.4 is 5.32 Å². The molecule has 5 nitrogen and oxygen atoms in total. The minimum atomic E-state index is -0.192. The molecule has 5 heteroatoms. The number of benzene rings is 2. The van der Waals surface area contributed by atoms with Gasteiger partial charge in [-0.2, -0.15) is 5.26 Å². The number of carbonyl (C=O) groups excluding carboxylic acids is 1. The molecule has 0 aliphatic rings. The molecular formula is C18H13N3O2. The number of anilines is 1. The second-order valence-electron chi connectivity index (χ2n) is 4.92. The topological polar surface area (TPSA) is 78.9 Å². The predicted octanol–water partition coefficient (Wildman–Crippen LogP) is 3.39. The van der Waals surface area contributed by atoms with Gasteiger partial charge in [0.25, 0.3) is 0 Å². The molecule has 0 bridgehead atoms. The molecule has 0 saturated carbocycles. The molecule has 3 aromatic rings. The van der Waals surface area contributed by atoms with Crippen molar-refractivity contribution in [2.45, 2.75) is 6.42 Å². The summed E-state index contributed by atoms with van der Waals surface area (Å²) in [4.78, 5) is 16.3. The molecule has 1 amide bonds.